The number of fused-ring (bicyclic) bond motifs is 1. The van der Waals surface area contributed by atoms with Gasteiger partial charge in [0.05, 0.1) is 11.4 Å². The first-order chi connectivity index (χ1) is 16.6. The van der Waals surface area contributed by atoms with Crippen molar-refractivity contribution in [3.8, 4) is 22.8 Å². The molecule has 4 aromatic rings. The molecule has 2 N–H and O–H groups in total. The van der Waals surface area contributed by atoms with Gasteiger partial charge < -0.3 is 15.4 Å². The number of carbonyl (C=O) groups excluding carboxylic acids is 1. The van der Waals surface area contributed by atoms with E-state index in [0.717, 1.165) is 47.5 Å². The lowest BCUT2D eigenvalue weighted by molar-refractivity contribution is -0.127. The van der Waals surface area contributed by atoms with Gasteiger partial charge >= 0.3 is 0 Å². The second-order valence-corrected chi connectivity index (χ2v) is 8.27. The van der Waals surface area contributed by atoms with E-state index in [0.29, 0.717) is 18.0 Å². The minimum atomic E-state index is 0.00851. The highest BCUT2D eigenvalue weighted by Crippen LogP contribution is 2.34. The second-order valence-electron chi connectivity index (χ2n) is 8.27. The molecule has 0 radical (unpaired) electrons. The number of nitrogens with two attached hydrogens (primary N) is 1. The molecule has 2 aromatic heterocycles. The number of hydrogen-bond acceptors (Lipinski definition) is 6. The Labute approximate surface area is 197 Å². The Morgan fingerprint density at radius 2 is 1.85 bits per heavy atom. The molecule has 34 heavy (non-hydrogen) atoms. The molecule has 1 saturated heterocycles. The molecule has 0 bridgehead atoms. The van der Waals surface area contributed by atoms with E-state index in [1.165, 1.54) is 6.33 Å². The minimum absolute atomic E-state index is 0.00851. The lowest BCUT2D eigenvalue weighted by atomic mass is 10.1. The van der Waals surface area contributed by atoms with Crippen molar-refractivity contribution in [1.82, 2.24) is 24.6 Å². The van der Waals surface area contributed by atoms with E-state index in [1.807, 2.05) is 71.1 Å². The largest absolute Gasteiger partial charge is 0.457 e. The molecule has 1 atom stereocenters. The van der Waals surface area contributed by atoms with Crippen molar-refractivity contribution in [3.05, 3.63) is 73.1 Å². The van der Waals surface area contributed by atoms with E-state index >= 15 is 0 Å². The summed E-state index contributed by atoms with van der Waals surface area (Å²) in [6.07, 6.45) is 6.64. The van der Waals surface area contributed by atoms with E-state index in [2.05, 4.69) is 9.97 Å². The van der Waals surface area contributed by atoms with Gasteiger partial charge in [-0.15, -0.1) is 0 Å². The zero-order chi connectivity index (χ0) is 23.5. The van der Waals surface area contributed by atoms with Gasteiger partial charge in [0.2, 0.25) is 5.91 Å². The van der Waals surface area contributed by atoms with Crippen LogP contribution in [0, 0.1) is 0 Å². The van der Waals surface area contributed by atoms with Crippen molar-refractivity contribution < 1.29 is 9.53 Å². The van der Waals surface area contributed by atoms with Crippen LogP contribution >= 0.6 is 0 Å². The van der Waals surface area contributed by atoms with Crippen LogP contribution in [0.25, 0.3) is 22.3 Å². The molecule has 8 heteroatoms. The van der Waals surface area contributed by atoms with Gasteiger partial charge in [0.25, 0.3) is 0 Å². The average Bonchev–Trinajstić information content (AvgIpc) is 3.26. The highest BCUT2D eigenvalue weighted by molar-refractivity contribution is 5.98. The van der Waals surface area contributed by atoms with Crippen molar-refractivity contribution in [1.29, 1.82) is 0 Å². The summed E-state index contributed by atoms with van der Waals surface area (Å²) in [4.78, 5) is 23.0. The van der Waals surface area contributed by atoms with Crippen LogP contribution < -0.4 is 10.5 Å². The van der Waals surface area contributed by atoms with Crippen LogP contribution in [0.5, 0.6) is 11.5 Å². The van der Waals surface area contributed by atoms with Crippen molar-refractivity contribution in [2.24, 2.45) is 0 Å². The van der Waals surface area contributed by atoms with Crippen LogP contribution in [0.15, 0.2) is 73.1 Å². The lowest BCUT2D eigenvalue weighted by Crippen LogP contribution is -2.40. The zero-order valence-corrected chi connectivity index (χ0v) is 19.0. The number of anilines is 1. The monoisotopic (exact) mass is 454 g/mol. The number of amides is 1. The predicted molar refractivity (Wildman–Crippen MR) is 131 cm³/mol. The molecule has 1 aliphatic heterocycles. The number of benzene rings is 2. The van der Waals surface area contributed by atoms with Gasteiger partial charge in [-0.1, -0.05) is 24.3 Å². The number of piperidine rings is 1. The number of allylic oxidation sites excluding steroid dienone is 1. The van der Waals surface area contributed by atoms with Gasteiger partial charge in [-0.05, 0) is 62.2 Å². The average molecular weight is 455 g/mol. The molecule has 8 nitrogen and oxygen atoms in total. The summed E-state index contributed by atoms with van der Waals surface area (Å²) < 4.78 is 7.83. The normalized spacial score (nSPS) is 16.3. The van der Waals surface area contributed by atoms with Gasteiger partial charge in [-0.25, -0.2) is 14.6 Å². The van der Waals surface area contributed by atoms with Crippen LogP contribution in [0.3, 0.4) is 0 Å². The third-order valence-electron chi connectivity index (χ3n) is 5.99. The van der Waals surface area contributed by atoms with Gasteiger partial charge in [0.1, 0.15) is 29.3 Å². The molecule has 3 heterocycles. The van der Waals surface area contributed by atoms with Crippen molar-refractivity contribution >= 4 is 22.8 Å². The first-order valence-electron chi connectivity index (χ1n) is 11.4. The van der Waals surface area contributed by atoms with Crippen LogP contribution in [0.4, 0.5) is 5.82 Å². The third kappa shape index (κ3) is 4.22. The van der Waals surface area contributed by atoms with Gasteiger partial charge in [0, 0.05) is 18.7 Å². The van der Waals surface area contributed by atoms with Crippen molar-refractivity contribution in [2.45, 2.75) is 25.8 Å². The van der Waals surface area contributed by atoms with E-state index in [-0.39, 0.29) is 11.9 Å². The Bertz CT molecular complexity index is 1330. The van der Waals surface area contributed by atoms with Crippen molar-refractivity contribution in [2.75, 3.05) is 18.8 Å². The maximum absolute atomic E-state index is 12.4. The van der Waals surface area contributed by atoms with Gasteiger partial charge in [0.15, 0.2) is 5.65 Å². The molecular weight excluding hydrogens is 428 g/mol. The number of nitrogens with zero attached hydrogens (tertiary/aromatic N) is 5. The smallest absolute Gasteiger partial charge is 0.246 e. The fraction of sp³-hybridized carbons (Fsp3) is 0.231. The summed E-state index contributed by atoms with van der Waals surface area (Å²) in [7, 11) is 0. The number of nitrogen functional groups attached to an aromatic ring is 1. The Hall–Kier alpha value is -4.20. The summed E-state index contributed by atoms with van der Waals surface area (Å²) in [6, 6.07) is 17.4. The molecule has 1 amide bonds. The SMILES string of the molecule is C/C=C/C(=O)N1CCC[C@@H](n2nc(-c3ccc(Oc4ccccc4)cc3)c3c(N)ncnc32)C1. The number of likely N-dealkylation sites (tertiary alicyclic amines) is 1. The summed E-state index contributed by atoms with van der Waals surface area (Å²) in [5, 5.41) is 5.65. The number of rotatable bonds is 5. The number of aromatic nitrogens is 4. The maximum Gasteiger partial charge on any atom is 0.246 e. The Kier molecular flexibility index (Phi) is 5.95. The molecule has 0 aliphatic carbocycles. The summed E-state index contributed by atoms with van der Waals surface area (Å²) in [5.74, 6) is 1.91. The molecule has 5 rings (SSSR count). The predicted octanol–water partition coefficient (Wildman–Crippen LogP) is 4.61. The van der Waals surface area contributed by atoms with E-state index in [1.54, 1.807) is 12.2 Å². The molecule has 172 valence electrons. The topological polar surface area (TPSA) is 99.2 Å². The molecule has 1 fully saturated rings. The molecule has 1 aliphatic rings. The van der Waals surface area contributed by atoms with E-state index < -0.39 is 0 Å². The van der Waals surface area contributed by atoms with Crippen molar-refractivity contribution in [3.63, 3.8) is 0 Å². The maximum atomic E-state index is 12.4. The highest BCUT2D eigenvalue weighted by atomic mass is 16.5. The molecule has 2 aromatic carbocycles. The van der Waals surface area contributed by atoms with Crippen LogP contribution in [0.2, 0.25) is 0 Å². The number of para-hydroxylation sites is 1. The first-order valence-corrected chi connectivity index (χ1v) is 11.4. The Balaban J connectivity index is 1.49. The summed E-state index contributed by atoms with van der Waals surface area (Å²) >= 11 is 0. The number of carbonyl (C=O) groups is 1. The molecule has 0 unspecified atom stereocenters. The van der Waals surface area contributed by atoms with Crippen LogP contribution in [-0.4, -0.2) is 43.6 Å². The van der Waals surface area contributed by atoms with Gasteiger partial charge in [-0.3, -0.25) is 4.79 Å². The lowest BCUT2D eigenvalue weighted by Gasteiger charge is -2.32. The second kappa shape index (κ2) is 9.35. The Morgan fingerprint density at radius 3 is 2.62 bits per heavy atom. The number of hydrogen-bond donors (Lipinski definition) is 1. The van der Waals surface area contributed by atoms with E-state index in [9.17, 15) is 4.79 Å². The molecular formula is C26H26N6O2. The first kappa shape index (κ1) is 21.6. The summed E-state index contributed by atoms with van der Waals surface area (Å²) in [5.41, 5.74) is 8.57. The summed E-state index contributed by atoms with van der Waals surface area (Å²) in [6.45, 7) is 3.17. The fourth-order valence-corrected chi connectivity index (χ4v) is 4.36. The van der Waals surface area contributed by atoms with Crippen LogP contribution in [0.1, 0.15) is 25.8 Å². The number of ether oxygens (including phenoxy) is 1. The zero-order valence-electron chi connectivity index (χ0n) is 19.0. The minimum Gasteiger partial charge on any atom is -0.457 e. The highest BCUT2D eigenvalue weighted by Gasteiger charge is 2.28. The fourth-order valence-electron chi connectivity index (χ4n) is 4.36. The van der Waals surface area contributed by atoms with Gasteiger partial charge in [-0.2, -0.15) is 5.10 Å². The Morgan fingerprint density at radius 1 is 1.09 bits per heavy atom. The standard InChI is InChI=1S/C26H26N6O2/c1-2-7-22(33)31-15-6-8-19(16-31)32-26-23(25(27)28-17-29-26)24(30-32)18-11-13-21(14-12-18)34-20-9-4-3-5-10-20/h2-5,7,9-14,17,19H,6,8,15-16H2,1H3,(H2,27,28,29)/b7-2+/t19-/m1/s1. The van der Waals surface area contributed by atoms with E-state index in [4.69, 9.17) is 15.6 Å². The third-order valence-corrected chi connectivity index (χ3v) is 5.99. The molecule has 0 spiro atoms. The quantitative estimate of drug-likeness (QED) is 0.442. The van der Waals surface area contributed by atoms with Crippen LogP contribution in [-0.2, 0) is 4.79 Å². The molecule has 0 saturated carbocycles.